The van der Waals surface area contributed by atoms with Gasteiger partial charge in [0.05, 0.1) is 18.3 Å². The van der Waals surface area contributed by atoms with E-state index in [9.17, 15) is 9.59 Å². The first-order valence-corrected chi connectivity index (χ1v) is 5.88. The van der Waals surface area contributed by atoms with Crippen molar-refractivity contribution in [3.05, 3.63) is 53.9 Å². The minimum absolute atomic E-state index is 0.0680. The molecule has 0 aliphatic carbocycles. The number of aromatic carboxylic acids is 1. The summed E-state index contributed by atoms with van der Waals surface area (Å²) in [6.45, 7) is 0. The first-order chi connectivity index (χ1) is 9.54. The minimum atomic E-state index is -1.11. The molecule has 0 radical (unpaired) electrons. The molecule has 1 aromatic carbocycles. The van der Waals surface area contributed by atoms with E-state index in [0.29, 0.717) is 11.4 Å². The first-order valence-electron chi connectivity index (χ1n) is 5.88. The number of nitrogens with zero attached hydrogens (tertiary/aromatic N) is 1. The third-order valence-electron chi connectivity index (χ3n) is 2.61. The number of carbonyl (C=O) groups is 2. The summed E-state index contributed by atoms with van der Waals surface area (Å²) in [5, 5.41) is 11.4. The zero-order valence-electron chi connectivity index (χ0n) is 10.5. The van der Waals surface area contributed by atoms with Gasteiger partial charge in [-0.1, -0.05) is 12.1 Å². The van der Waals surface area contributed by atoms with Crippen molar-refractivity contribution in [1.82, 2.24) is 4.98 Å². The average molecular weight is 271 g/mol. The van der Waals surface area contributed by atoms with Gasteiger partial charge in [-0.25, -0.2) is 9.78 Å². The molecule has 6 heteroatoms. The van der Waals surface area contributed by atoms with Crippen LogP contribution in [0.2, 0.25) is 0 Å². The van der Waals surface area contributed by atoms with E-state index in [1.807, 2.05) is 0 Å². The highest BCUT2D eigenvalue weighted by molar-refractivity contribution is 5.92. The van der Waals surface area contributed by atoms with Crippen LogP contribution in [0.25, 0.3) is 0 Å². The molecule has 0 saturated carbocycles. The number of carboxylic acids is 1. The lowest BCUT2D eigenvalue weighted by Gasteiger charge is -2.05. The van der Waals surface area contributed by atoms with Crippen LogP contribution in [0.1, 0.15) is 16.1 Å². The van der Waals surface area contributed by atoms with Gasteiger partial charge in [0.15, 0.2) is 0 Å². The van der Waals surface area contributed by atoms with Gasteiger partial charge in [-0.05, 0) is 29.8 Å². The van der Waals surface area contributed by atoms with Gasteiger partial charge >= 0.3 is 5.97 Å². The first kappa shape index (κ1) is 13.5. The fraction of sp³-hybridized carbons (Fsp3) is 0.0714. The van der Waals surface area contributed by atoms with E-state index in [4.69, 9.17) is 10.8 Å². The van der Waals surface area contributed by atoms with Gasteiger partial charge < -0.3 is 16.2 Å². The number of hydrogen-bond donors (Lipinski definition) is 3. The van der Waals surface area contributed by atoms with Gasteiger partial charge in [-0.3, -0.25) is 4.79 Å². The van der Waals surface area contributed by atoms with E-state index in [2.05, 4.69) is 10.3 Å². The van der Waals surface area contributed by atoms with E-state index in [0.717, 1.165) is 5.56 Å². The molecule has 6 nitrogen and oxygen atoms in total. The number of amides is 1. The molecular weight excluding hydrogens is 258 g/mol. The molecule has 4 N–H and O–H groups in total. The number of nitrogens with two attached hydrogens (primary N) is 1. The van der Waals surface area contributed by atoms with E-state index in [1.165, 1.54) is 18.3 Å². The number of nitrogen functional groups attached to an aromatic ring is 1. The molecule has 0 bridgehead atoms. The number of benzene rings is 1. The van der Waals surface area contributed by atoms with Gasteiger partial charge in [-0.15, -0.1) is 0 Å². The Kier molecular flexibility index (Phi) is 3.95. The van der Waals surface area contributed by atoms with E-state index >= 15 is 0 Å². The van der Waals surface area contributed by atoms with Crippen molar-refractivity contribution < 1.29 is 14.7 Å². The number of hydrogen-bond acceptors (Lipinski definition) is 4. The van der Waals surface area contributed by atoms with Crippen molar-refractivity contribution in [2.24, 2.45) is 0 Å². The van der Waals surface area contributed by atoms with Crippen LogP contribution in [0.4, 0.5) is 11.4 Å². The number of pyridine rings is 1. The summed E-state index contributed by atoms with van der Waals surface area (Å²) >= 11 is 0. The van der Waals surface area contributed by atoms with Crippen molar-refractivity contribution in [2.75, 3.05) is 11.1 Å². The lowest BCUT2D eigenvalue weighted by Crippen LogP contribution is -2.14. The maximum atomic E-state index is 11.8. The van der Waals surface area contributed by atoms with Crippen LogP contribution in [0.5, 0.6) is 0 Å². The molecule has 0 fully saturated rings. The third kappa shape index (κ3) is 3.55. The largest absolute Gasteiger partial charge is 0.477 e. The Balaban J connectivity index is 1.97. The number of carbonyl (C=O) groups excluding carboxylic acids is 1. The van der Waals surface area contributed by atoms with Crippen LogP contribution >= 0.6 is 0 Å². The fourth-order valence-electron chi connectivity index (χ4n) is 1.62. The van der Waals surface area contributed by atoms with Crippen LogP contribution in [0.3, 0.4) is 0 Å². The molecular formula is C14H13N3O3. The Bertz CT molecular complexity index is 621. The Morgan fingerprint density at radius 1 is 1.15 bits per heavy atom. The monoisotopic (exact) mass is 271 g/mol. The standard InChI is InChI=1S/C14H13N3O3/c15-10-3-1-9(2-4-10)7-13(18)17-11-5-6-12(14(19)20)16-8-11/h1-6,8H,7,15H2,(H,17,18)(H,19,20). The molecule has 0 aliphatic rings. The molecule has 0 aliphatic heterocycles. The Labute approximate surface area is 115 Å². The SMILES string of the molecule is Nc1ccc(CC(=O)Nc2ccc(C(=O)O)nc2)cc1. The number of carboxylic acid groups (broad SMARTS) is 1. The zero-order chi connectivity index (χ0) is 14.5. The highest BCUT2D eigenvalue weighted by Gasteiger charge is 2.07. The zero-order valence-corrected chi connectivity index (χ0v) is 10.5. The summed E-state index contributed by atoms with van der Waals surface area (Å²) < 4.78 is 0. The topological polar surface area (TPSA) is 105 Å². The fourth-order valence-corrected chi connectivity index (χ4v) is 1.62. The van der Waals surface area contributed by atoms with Crippen LogP contribution in [-0.4, -0.2) is 22.0 Å². The molecule has 0 unspecified atom stereocenters. The second-order valence-corrected chi connectivity index (χ2v) is 4.20. The number of aromatic nitrogens is 1. The number of anilines is 2. The van der Waals surface area contributed by atoms with Crippen molar-refractivity contribution >= 4 is 23.3 Å². The van der Waals surface area contributed by atoms with E-state index in [-0.39, 0.29) is 18.0 Å². The van der Waals surface area contributed by atoms with Crippen molar-refractivity contribution in [3.8, 4) is 0 Å². The van der Waals surface area contributed by atoms with Crippen LogP contribution < -0.4 is 11.1 Å². The molecule has 2 rings (SSSR count). The Morgan fingerprint density at radius 3 is 2.40 bits per heavy atom. The number of rotatable bonds is 4. The van der Waals surface area contributed by atoms with Gasteiger partial charge in [-0.2, -0.15) is 0 Å². The maximum absolute atomic E-state index is 11.8. The van der Waals surface area contributed by atoms with Crippen molar-refractivity contribution in [1.29, 1.82) is 0 Å². The molecule has 0 saturated heterocycles. The second-order valence-electron chi connectivity index (χ2n) is 4.20. The van der Waals surface area contributed by atoms with Gasteiger partial charge in [0.25, 0.3) is 0 Å². The van der Waals surface area contributed by atoms with E-state index in [1.54, 1.807) is 24.3 Å². The molecule has 1 aromatic heterocycles. The van der Waals surface area contributed by atoms with Gasteiger partial charge in [0, 0.05) is 5.69 Å². The van der Waals surface area contributed by atoms with Crippen molar-refractivity contribution in [2.45, 2.75) is 6.42 Å². The highest BCUT2D eigenvalue weighted by atomic mass is 16.4. The maximum Gasteiger partial charge on any atom is 0.354 e. The summed E-state index contributed by atoms with van der Waals surface area (Å²) in [6.07, 6.45) is 1.52. The number of nitrogens with one attached hydrogen (secondary N) is 1. The summed E-state index contributed by atoms with van der Waals surface area (Å²) in [7, 11) is 0. The van der Waals surface area contributed by atoms with Crippen LogP contribution in [0, 0.1) is 0 Å². The average Bonchev–Trinajstić information content (AvgIpc) is 2.42. The molecule has 102 valence electrons. The predicted octanol–water partition coefficient (Wildman–Crippen LogP) is 1.54. The minimum Gasteiger partial charge on any atom is -0.477 e. The summed E-state index contributed by atoms with van der Waals surface area (Å²) in [6, 6.07) is 9.84. The highest BCUT2D eigenvalue weighted by Crippen LogP contribution is 2.09. The normalized spacial score (nSPS) is 10.0. The smallest absolute Gasteiger partial charge is 0.354 e. The van der Waals surface area contributed by atoms with Gasteiger partial charge in [0.2, 0.25) is 5.91 Å². The molecule has 1 amide bonds. The molecule has 1 heterocycles. The summed E-state index contributed by atoms with van der Waals surface area (Å²) in [5.41, 5.74) is 7.43. The summed E-state index contributed by atoms with van der Waals surface area (Å²) in [4.78, 5) is 26.2. The molecule has 0 atom stereocenters. The van der Waals surface area contributed by atoms with E-state index < -0.39 is 5.97 Å². The van der Waals surface area contributed by atoms with Crippen LogP contribution in [0.15, 0.2) is 42.6 Å². The lowest BCUT2D eigenvalue weighted by molar-refractivity contribution is -0.115. The summed E-state index contributed by atoms with van der Waals surface area (Å²) in [5.74, 6) is -1.32. The lowest BCUT2D eigenvalue weighted by atomic mass is 10.1. The Morgan fingerprint density at radius 2 is 1.85 bits per heavy atom. The van der Waals surface area contributed by atoms with Crippen LogP contribution in [-0.2, 0) is 11.2 Å². The molecule has 2 aromatic rings. The van der Waals surface area contributed by atoms with Gasteiger partial charge in [0.1, 0.15) is 5.69 Å². The quantitative estimate of drug-likeness (QED) is 0.731. The van der Waals surface area contributed by atoms with Crippen molar-refractivity contribution in [3.63, 3.8) is 0 Å². The predicted molar refractivity (Wildman–Crippen MR) is 74.4 cm³/mol. The Hall–Kier alpha value is -2.89. The second kappa shape index (κ2) is 5.83. The molecule has 0 spiro atoms. The molecule has 20 heavy (non-hydrogen) atoms. The third-order valence-corrected chi connectivity index (χ3v) is 2.61.